The van der Waals surface area contributed by atoms with Gasteiger partial charge >= 0.3 is 0 Å². The maximum absolute atomic E-state index is 10.3. The molecule has 0 fully saturated rings. The first-order valence-corrected chi connectivity index (χ1v) is 4.10. The summed E-state index contributed by atoms with van der Waals surface area (Å²) in [5.74, 6) is 0. The van der Waals surface area contributed by atoms with Crippen molar-refractivity contribution in [3.8, 4) is 0 Å². The molecule has 1 aromatic heterocycles. The Labute approximate surface area is 74.9 Å². The standard InChI is InChI=1S/C6H3Br2NO/c7-5-2-1-4(3-10)6(8)9-5/h1-3H. The Kier molecular flexibility index (Phi) is 2.56. The smallest absolute Gasteiger partial charge is 0.152 e. The summed E-state index contributed by atoms with van der Waals surface area (Å²) >= 11 is 6.30. The van der Waals surface area contributed by atoms with Gasteiger partial charge in [0.25, 0.3) is 0 Å². The van der Waals surface area contributed by atoms with Gasteiger partial charge in [0.2, 0.25) is 0 Å². The Morgan fingerprint density at radius 2 is 2.10 bits per heavy atom. The van der Waals surface area contributed by atoms with E-state index in [1.807, 2.05) is 0 Å². The van der Waals surface area contributed by atoms with E-state index >= 15 is 0 Å². The van der Waals surface area contributed by atoms with E-state index in [0.29, 0.717) is 14.8 Å². The highest BCUT2D eigenvalue weighted by atomic mass is 79.9. The molecule has 1 aromatic rings. The molecule has 10 heavy (non-hydrogen) atoms. The lowest BCUT2D eigenvalue weighted by Gasteiger charge is -1.93. The predicted molar refractivity (Wildman–Crippen MR) is 45.0 cm³/mol. The van der Waals surface area contributed by atoms with Crippen molar-refractivity contribution in [1.29, 1.82) is 0 Å². The van der Waals surface area contributed by atoms with Crippen molar-refractivity contribution in [3.05, 3.63) is 26.9 Å². The summed E-state index contributed by atoms with van der Waals surface area (Å²) in [5.41, 5.74) is 0.559. The molecule has 1 rings (SSSR count). The van der Waals surface area contributed by atoms with Crippen LogP contribution >= 0.6 is 31.9 Å². The average molecular weight is 265 g/mol. The summed E-state index contributed by atoms with van der Waals surface area (Å²) in [7, 11) is 0. The lowest BCUT2D eigenvalue weighted by molar-refractivity contribution is 0.112. The molecule has 0 radical (unpaired) electrons. The molecule has 0 amide bonds. The Balaban J connectivity index is 3.19. The Bertz CT molecular complexity index is 262. The van der Waals surface area contributed by atoms with Gasteiger partial charge in [-0.15, -0.1) is 0 Å². The fraction of sp³-hybridized carbons (Fsp3) is 0. The summed E-state index contributed by atoms with van der Waals surface area (Å²) in [6.45, 7) is 0. The second kappa shape index (κ2) is 3.25. The minimum Gasteiger partial charge on any atom is -0.298 e. The number of halogens is 2. The second-order valence-corrected chi connectivity index (χ2v) is 3.20. The van der Waals surface area contributed by atoms with Gasteiger partial charge in [-0.1, -0.05) is 0 Å². The Morgan fingerprint density at radius 1 is 1.40 bits per heavy atom. The van der Waals surface area contributed by atoms with Crippen LogP contribution in [0.25, 0.3) is 0 Å². The minimum atomic E-state index is 0.559. The van der Waals surface area contributed by atoms with E-state index in [9.17, 15) is 4.79 Å². The number of carbonyl (C=O) groups excluding carboxylic acids is 1. The summed E-state index contributed by atoms with van der Waals surface area (Å²) in [6.07, 6.45) is 0.753. The van der Waals surface area contributed by atoms with E-state index in [-0.39, 0.29) is 0 Å². The first-order valence-electron chi connectivity index (χ1n) is 2.51. The van der Waals surface area contributed by atoms with Crippen molar-refractivity contribution in [3.63, 3.8) is 0 Å². The molecule has 0 aromatic carbocycles. The van der Waals surface area contributed by atoms with Crippen molar-refractivity contribution in [1.82, 2.24) is 4.98 Å². The van der Waals surface area contributed by atoms with Crippen molar-refractivity contribution in [2.75, 3.05) is 0 Å². The molecule has 0 aliphatic rings. The highest BCUT2D eigenvalue weighted by molar-refractivity contribution is 9.11. The van der Waals surface area contributed by atoms with Gasteiger partial charge in [-0.2, -0.15) is 0 Å². The van der Waals surface area contributed by atoms with E-state index in [0.717, 1.165) is 6.29 Å². The third-order valence-corrected chi connectivity index (χ3v) is 2.05. The van der Waals surface area contributed by atoms with Crippen molar-refractivity contribution in [2.45, 2.75) is 0 Å². The number of hydrogen-bond acceptors (Lipinski definition) is 2. The van der Waals surface area contributed by atoms with E-state index in [1.54, 1.807) is 12.1 Å². The van der Waals surface area contributed by atoms with Crippen LogP contribution in [0.1, 0.15) is 10.4 Å². The van der Waals surface area contributed by atoms with Crippen molar-refractivity contribution >= 4 is 38.1 Å². The molecule has 0 saturated carbocycles. The van der Waals surface area contributed by atoms with Crippen molar-refractivity contribution < 1.29 is 4.79 Å². The number of rotatable bonds is 1. The molecule has 52 valence electrons. The molecule has 0 aliphatic carbocycles. The van der Waals surface area contributed by atoms with Crippen LogP contribution in [-0.4, -0.2) is 11.3 Å². The van der Waals surface area contributed by atoms with Crippen LogP contribution in [-0.2, 0) is 0 Å². The zero-order chi connectivity index (χ0) is 7.56. The highest BCUT2D eigenvalue weighted by Crippen LogP contribution is 2.15. The number of carbonyl (C=O) groups is 1. The SMILES string of the molecule is O=Cc1ccc(Br)nc1Br. The molecule has 0 spiro atoms. The topological polar surface area (TPSA) is 30.0 Å². The average Bonchev–Trinajstić information content (AvgIpc) is 1.88. The summed E-state index contributed by atoms with van der Waals surface area (Å²) < 4.78 is 1.28. The van der Waals surface area contributed by atoms with Gasteiger partial charge in [0.05, 0.1) is 0 Å². The van der Waals surface area contributed by atoms with Gasteiger partial charge < -0.3 is 0 Å². The molecular formula is C6H3Br2NO. The molecule has 4 heteroatoms. The summed E-state index contributed by atoms with van der Waals surface area (Å²) in [4.78, 5) is 14.2. The van der Waals surface area contributed by atoms with Crippen LogP contribution < -0.4 is 0 Å². The van der Waals surface area contributed by atoms with Crippen LogP contribution in [0.5, 0.6) is 0 Å². The third-order valence-electron chi connectivity index (χ3n) is 0.971. The van der Waals surface area contributed by atoms with E-state index in [1.165, 1.54) is 0 Å². The minimum absolute atomic E-state index is 0.559. The lowest BCUT2D eigenvalue weighted by atomic mass is 10.3. The fourth-order valence-corrected chi connectivity index (χ4v) is 1.47. The molecule has 0 aliphatic heterocycles. The number of aromatic nitrogens is 1. The van der Waals surface area contributed by atoms with Crippen molar-refractivity contribution in [2.24, 2.45) is 0 Å². The molecule has 0 bridgehead atoms. The quantitative estimate of drug-likeness (QED) is 0.576. The second-order valence-electron chi connectivity index (χ2n) is 1.63. The molecular weight excluding hydrogens is 262 g/mol. The van der Waals surface area contributed by atoms with Crippen LogP contribution in [0, 0.1) is 0 Å². The number of hydrogen-bond donors (Lipinski definition) is 0. The number of aldehydes is 1. The Hall–Kier alpha value is -0.220. The highest BCUT2D eigenvalue weighted by Gasteiger charge is 1.98. The first-order chi connectivity index (χ1) is 4.74. The van der Waals surface area contributed by atoms with Gasteiger partial charge in [-0.3, -0.25) is 4.79 Å². The third kappa shape index (κ3) is 1.64. The van der Waals surface area contributed by atoms with Gasteiger partial charge in [0, 0.05) is 5.56 Å². The fourth-order valence-electron chi connectivity index (χ4n) is 0.511. The van der Waals surface area contributed by atoms with Gasteiger partial charge in [-0.05, 0) is 44.0 Å². The summed E-state index contributed by atoms with van der Waals surface area (Å²) in [5, 5.41) is 0. The molecule has 0 unspecified atom stereocenters. The van der Waals surface area contributed by atoms with Crippen LogP contribution in [0.4, 0.5) is 0 Å². The Morgan fingerprint density at radius 3 is 2.60 bits per heavy atom. The largest absolute Gasteiger partial charge is 0.298 e. The monoisotopic (exact) mass is 263 g/mol. The molecule has 2 nitrogen and oxygen atoms in total. The summed E-state index contributed by atoms with van der Waals surface area (Å²) in [6, 6.07) is 3.41. The molecule has 0 atom stereocenters. The molecule has 0 N–H and O–H groups in total. The van der Waals surface area contributed by atoms with E-state index in [2.05, 4.69) is 36.8 Å². The normalized spacial score (nSPS) is 9.40. The van der Waals surface area contributed by atoms with Gasteiger partial charge in [0.1, 0.15) is 9.21 Å². The van der Waals surface area contributed by atoms with Gasteiger partial charge in [-0.25, -0.2) is 4.98 Å². The van der Waals surface area contributed by atoms with Crippen LogP contribution in [0.15, 0.2) is 21.3 Å². The lowest BCUT2D eigenvalue weighted by Crippen LogP contribution is -1.85. The van der Waals surface area contributed by atoms with E-state index in [4.69, 9.17) is 0 Å². The van der Waals surface area contributed by atoms with E-state index < -0.39 is 0 Å². The van der Waals surface area contributed by atoms with Crippen LogP contribution in [0.3, 0.4) is 0 Å². The first kappa shape index (κ1) is 7.88. The van der Waals surface area contributed by atoms with Crippen LogP contribution in [0.2, 0.25) is 0 Å². The zero-order valence-corrected chi connectivity index (χ0v) is 8.02. The molecule has 0 saturated heterocycles. The number of nitrogens with zero attached hydrogens (tertiary/aromatic N) is 1. The van der Waals surface area contributed by atoms with Gasteiger partial charge in [0.15, 0.2) is 6.29 Å². The predicted octanol–water partition coefficient (Wildman–Crippen LogP) is 2.42. The maximum Gasteiger partial charge on any atom is 0.152 e. The zero-order valence-electron chi connectivity index (χ0n) is 4.84. The molecule has 1 heterocycles. The number of pyridine rings is 1. The maximum atomic E-state index is 10.3.